The van der Waals surface area contributed by atoms with Crippen molar-refractivity contribution in [2.75, 3.05) is 18.9 Å². The highest BCUT2D eigenvalue weighted by Crippen LogP contribution is 2.26. The number of fused-ring (bicyclic) bond motifs is 1. The second-order valence-corrected chi connectivity index (χ2v) is 4.17. The van der Waals surface area contributed by atoms with Gasteiger partial charge in [-0.15, -0.1) is 0 Å². The van der Waals surface area contributed by atoms with Crippen LogP contribution in [0.1, 0.15) is 12.0 Å². The number of rotatable bonds is 4. The molecule has 0 saturated carbocycles. The van der Waals surface area contributed by atoms with Crippen LogP contribution in [0.2, 0.25) is 0 Å². The van der Waals surface area contributed by atoms with Crippen molar-refractivity contribution in [3.05, 3.63) is 42.0 Å². The Bertz CT molecular complexity index is 643. The molecule has 0 aliphatic rings. The first-order valence-electron chi connectivity index (χ1n) is 6.12. The lowest BCUT2D eigenvalue weighted by Gasteiger charge is -2.10. The number of carbonyl (C=O) groups excluding carboxylic acids is 1. The topological polar surface area (TPSA) is 64.9 Å². The van der Waals surface area contributed by atoms with Gasteiger partial charge in [0.2, 0.25) is 5.91 Å². The summed E-state index contributed by atoms with van der Waals surface area (Å²) in [6.07, 6.45) is 0.421. The Kier molecular flexibility index (Phi) is 3.99. The predicted octanol–water partition coefficient (Wildman–Crippen LogP) is 2.26. The number of hydrogen-bond acceptors (Lipinski definition) is 3. The molecule has 0 fully saturated rings. The Morgan fingerprint density at radius 3 is 2.63 bits per heavy atom. The number of anilines is 1. The molecule has 0 unspecified atom stereocenters. The van der Waals surface area contributed by atoms with Gasteiger partial charge in [0.05, 0.1) is 11.6 Å². The van der Waals surface area contributed by atoms with E-state index in [2.05, 4.69) is 16.7 Å². The normalized spacial score (nSPS) is 9.89. The minimum Gasteiger partial charge on any atom is -0.384 e. The fraction of sp³-hybridized carbons (Fsp3) is 0.200. The highest BCUT2D eigenvalue weighted by atomic mass is 16.1. The molecule has 19 heavy (non-hydrogen) atoms. The number of hydrogen-bond donors (Lipinski definition) is 2. The molecule has 0 heterocycles. The molecule has 2 N–H and O–H groups in total. The van der Waals surface area contributed by atoms with E-state index in [0.717, 1.165) is 16.5 Å². The van der Waals surface area contributed by atoms with Crippen LogP contribution in [0, 0.1) is 11.3 Å². The Morgan fingerprint density at radius 1 is 1.21 bits per heavy atom. The van der Waals surface area contributed by atoms with Gasteiger partial charge < -0.3 is 10.6 Å². The number of carbonyl (C=O) groups is 1. The highest BCUT2D eigenvalue weighted by molar-refractivity contribution is 5.97. The molecule has 2 aromatic rings. The standard InChI is InChI=1S/C15H15N3O/c1-17-15(19)8-9-18-14-7-6-11(10-16)12-4-2-3-5-13(12)14/h2-7,18H,8-9H2,1H3,(H,17,19). The maximum absolute atomic E-state index is 11.2. The van der Waals surface area contributed by atoms with Crippen molar-refractivity contribution in [2.45, 2.75) is 6.42 Å². The van der Waals surface area contributed by atoms with Crippen molar-refractivity contribution in [3.8, 4) is 6.07 Å². The Morgan fingerprint density at radius 2 is 1.95 bits per heavy atom. The lowest BCUT2D eigenvalue weighted by Crippen LogP contribution is -2.20. The van der Waals surface area contributed by atoms with E-state index in [0.29, 0.717) is 18.5 Å². The average Bonchev–Trinajstić information content (AvgIpc) is 2.47. The summed E-state index contributed by atoms with van der Waals surface area (Å²) in [6, 6.07) is 13.6. The van der Waals surface area contributed by atoms with Crippen LogP contribution in [-0.4, -0.2) is 19.5 Å². The number of amides is 1. The molecule has 4 nitrogen and oxygen atoms in total. The van der Waals surface area contributed by atoms with Crippen molar-refractivity contribution in [1.82, 2.24) is 5.32 Å². The number of benzene rings is 2. The first-order valence-corrected chi connectivity index (χ1v) is 6.12. The molecule has 0 atom stereocenters. The van der Waals surface area contributed by atoms with E-state index in [4.69, 9.17) is 5.26 Å². The third kappa shape index (κ3) is 2.83. The first kappa shape index (κ1) is 12.9. The van der Waals surface area contributed by atoms with Gasteiger partial charge in [-0.05, 0) is 12.1 Å². The van der Waals surface area contributed by atoms with Crippen LogP contribution in [0.5, 0.6) is 0 Å². The number of nitrogens with zero attached hydrogens (tertiary/aromatic N) is 1. The Balaban J connectivity index is 2.25. The summed E-state index contributed by atoms with van der Waals surface area (Å²) in [5, 5.41) is 16.8. The molecule has 0 aliphatic carbocycles. The molecule has 0 spiro atoms. The van der Waals surface area contributed by atoms with Crippen LogP contribution in [0.25, 0.3) is 10.8 Å². The summed E-state index contributed by atoms with van der Waals surface area (Å²) in [4.78, 5) is 11.2. The van der Waals surface area contributed by atoms with Gasteiger partial charge >= 0.3 is 0 Å². The van der Waals surface area contributed by atoms with Crippen LogP contribution >= 0.6 is 0 Å². The van der Waals surface area contributed by atoms with E-state index in [9.17, 15) is 4.79 Å². The minimum atomic E-state index is 0.00505. The van der Waals surface area contributed by atoms with E-state index >= 15 is 0 Å². The molecule has 0 radical (unpaired) electrons. The monoisotopic (exact) mass is 253 g/mol. The molecule has 1 amide bonds. The second kappa shape index (κ2) is 5.87. The molecule has 0 aliphatic heterocycles. The maximum atomic E-state index is 11.2. The highest BCUT2D eigenvalue weighted by Gasteiger charge is 2.05. The fourth-order valence-corrected chi connectivity index (χ4v) is 1.99. The predicted molar refractivity (Wildman–Crippen MR) is 75.8 cm³/mol. The van der Waals surface area contributed by atoms with Gasteiger partial charge in [0.25, 0.3) is 0 Å². The van der Waals surface area contributed by atoms with Crippen molar-refractivity contribution < 1.29 is 4.79 Å². The number of nitriles is 1. The summed E-state index contributed by atoms with van der Waals surface area (Å²) in [5.74, 6) is 0.00505. The van der Waals surface area contributed by atoms with Crippen molar-refractivity contribution >= 4 is 22.4 Å². The SMILES string of the molecule is CNC(=O)CCNc1ccc(C#N)c2ccccc12. The quantitative estimate of drug-likeness (QED) is 0.878. The van der Waals surface area contributed by atoms with Gasteiger partial charge in [0.15, 0.2) is 0 Å². The zero-order valence-corrected chi connectivity index (χ0v) is 10.7. The lowest BCUT2D eigenvalue weighted by atomic mass is 10.0. The van der Waals surface area contributed by atoms with E-state index in [1.54, 1.807) is 13.1 Å². The summed E-state index contributed by atoms with van der Waals surface area (Å²) in [6.45, 7) is 0.565. The molecule has 0 bridgehead atoms. The van der Waals surface area contributed by atoms with Gasteiger partial charge in [-0.25, -0.2) is 0 Å². The van der Waals surface area contributed by atoms with Gasteiger partial charge in [-0.3, -0.25) is 4.79 Å². The van der Waals surface area contributed by atoms with Crippen LogP contribution in [0.3, 0.4) is 0 Å². The lowest BCUT2D eigenvalue weighted by molar-refractivity contribution is -0.120. The van der Waals surface area contributed by atoms with Crippen molar-refractivity contribution in [1.29, 1.82) is 5.26 Å². The summed E-state index contributed by atoms with van der Waals surface area (Å²) in [5.41, 5.74) is 1.60. The zero-order chi connectivity index (χ0) is 13.7. The molecular weight excluding hydrogens is 238 g/mol. The second-order valence-electron chi connectivity index (χ2n) is 4.17. The van der Waals surface area contributed by atoms with Crippen LogP contribution < -0.4 is 10.6 Å². The third-order valence-corrected chi connectivity index (χ3v) is 2.99. The van der Waals surface area contributed by atoms with Gasteiger partial charge in [0.1, 0.15) is 0 Å². The molecular formula is C15H15N3O. The molecule has 2 aromatic carbocycles. The van der Waals surface area contributed by atoms with Crippen molar-refractivity contribution in [2.24, 2.45) is 0 Å². The van der Waals surface area contributed by atoms with Crippen LogP contribution in [0.4, 0.5) is 5.69 Å². The third-order valence-electron chi connectivity index (χ3n) is 2.99. The minimum absolute atomic E-state index is 0.00505. The summed E-state index contributed by atoms with van der Waals surface area (Å²) in [7, 11) is 1.62. The maximum Gasteiger partial charge on any atom is 0.221 e. The van der Waals surface area contributed by atoms with Crippen LogP contribution in [-0.2, 0) is 4.79 Å². The first-order chi connectivity index (χ1) is 9.26. The Hall–Kier alpha value is -2.54. The molecule has 2 rings (SSSR count). The molecule has 4 heteroatoms. The Labute approximate surface area is 112 Å². The average molecular weight is 253 g/mol. The molecule has 96 valence electrons. The van der Waals surface area contributed by atoms with Crippen LogP contribution in [0.15, 0.2) is 36.4 Å². The summed E-state index contributed by atoms with van der Waals surface area (Å²) >= 11 is 0. The van der Waals surface area contributed by atoms with Gasteiger partial charge in [0, 0.05) is 36.5 Å². The van der Waals surface area contributed by atoms with E-state index in [-0.39, 0.29) is 5.91 Å². The summed E-state index contributed by atoms with van der Waals surface area (Å²) < 4.78 is 0. The van der Waals surface area contributed by atoms with Crippen molar-refractivity contribution in [3.63, 3.8) is 0 Å². The van der Waals surface area contributed by atoms with E-state index in [1.807, 2.05) is 30.3 Å². The fourth-order valence-electron chi connectivity index (χ4n) is 1.99. The zero-order valence-electron chi connectivity index (χ0n) is 10.7. The van der Waals surface area contributed by atoms with E-state index < -0.39 is 0 Å². The van der Waals surface area contributed by atoms with E-state index in [1.165, 1.54) is 0 Å². The molecule has 0 aromatic heterocycles. The van der Waals surface area contributed by atoms with Gasteiger partial charge in [-0.1, -0.05) is 24.3 Å². The largest absolute Gasteiger partial charge is 0.384 e. The number of nitrogens with one attached hydrogen (secondary N) is 2. The molecule has 0 saturated heterocycles. The smallest absolute Gasteiger partial charge is 0.221 e. The van der Waals surface area contributed by atoms with Gasteiger partial charge in [-0.2, -0.15) is 5.26 Å².